The lowest BCUT2D eigenvalue weighted by Gasteiger charge is -2.19. The average Bonchev–Trinajstić information content (AvgIpc) is 3.24. The highest BCUT2D eigenvalue weighted by Crippen LogP contribution is 2.33. The van der Waals surface area contributed by atoms with Crippen LogP contribution in [-0.4, -0.2) is 22.6 Å². The van der Waals surface area contributed by atoms with E-state index in [0.717, 1.165) is 37.9 Å². The fraction of sp³-hybridized carbons (Fsp3) is 0.824. The van der Waals surface area contributed by atoms with E-state index in [4.69, 9.17) is 10.3 Å². The first-order chi connectivity index (χ1) is 11.2. The van der Waals surface area contributed by atoms with Gasteiger partial charge in [-0.05, 0) is 45.1 Å². The molecular weight excluding hydrogens is 328 g/mol. The van der Waals surface area contributed by atoms with Gasteiger partial charge in [-0.2, -0.15) is 4.98 Å². The SMILES string of the molecule is CC(NC(=O)[C@@H]1CCC[C@@H]1CN)c1nc(C2CCCCC2)no1.Cl. The Balaban J connectivity index is 0.00000208. The predicted octanol–water partition coefficient (Wildman–Crippen LogP) is 3.09. The molecule has 1 aromatic heterocycles. The highest BCUT2D eigenvalue weighted by atomic mass is 35.5. The Labute approximate surface area is 149 Å². The van der Waals surface area contributed by atoms with E-state index in [1.807, 2.05) is 6.92 Å². The molecule has 0 aromatic carbocycles. The smallest absolute Gasteiger partial charge is 0.248 e. The zero-order valence-corrected chi connectivity index (χ0v) is 15.2. The summed E-state index contributed by atoms with van der Waals surface area (Å²) in [7, 11) is 0. The van der Waals surface area contributed by atoms with E-state index in [1.54, 1.807) is 0 Å². The van der Waals surface area contributed by atoms with Crippen LogP contribution in [0, 0.1) is 11.8 Å². The number of carbonyl (C=O) groups excluding carboxylic acids is 1. The molecule has 1 aromatic rings. The van der Waals surface area contributed by atoms with Gasteiger partial charge in [0.05, 0.1) is 0 Å². The van der Waals surface area contributed by atoms with Gasteiger partial charge in [0.25, 0.3) is 0 Å². The number of aromatic nitrogens is 2. The maximum Gasteiger partial charge on any atom is 0.248 e. The number of hydrogen-bond acceptors (Lipinski definition) is 5. The molecule has 7 heteroatoms. The van der Waals surface area contributed by atoms with Crippen molar-refractivity contribution >= 4 is 18.3 Å². The van der Waals surface area contributed by atoms with Crippen molar-refractivity contribution in [2.24, 2.45) is 17.6 Å². The first kappa shape index (κ1) is 19.2. The average molecular weight is 357 g/mol. The molecule has 2 aliphatic carbocycles. The second kappa shape index (κ2) is 8.81. The second-order valence-electron chi connectivity index (χ2n) is 7.09. The van der Waals surface area contributed by atoms with Crippen molar-refractivity contribution in [1.82, 2.24) is 15.5 Å². The van der Waals surface area contributed by atoms with Crippen LogP contribution in [0.15, 0.2) is 4.52 Å². The number of amides is 1. The molecule has 0 bridgehead atoms. The first-order valence-corrected chi connectivity index (χ1v) is 9.03. The monoisotopic (exact) mass is 356 g/mol. The fourth-order valence-corrected chi connectivity index (χ4v) is 4.00. The molecule has 2 aliphatic rings. The summed E-state index contributed by atoms with van der Waals surface area (Å²) in [5.74, 6) is 2.15. The van der Waals surface area contributed by atoms with Gasteiger partial charge in [0.15, 0.2) is 5.82 Å². The van der Waals surface area contributed by atoms with Crippen LogP contribution in [0.5, 0.6) is 0 Å². The fourth-order valence-electron chi connectivity index (χ4n) is 4.00. The van der Waals surface area contributed by atoms with Gasteiger partial charge in [-0.1, -0.05) is 30.8 Å². The Hall–Kier alpha value is -1.14. The predicted molar refractivity (Wildman–Crippen MR) is 93.8 cm³/mol. The number of nitrogens with two attached hydrogens (primary N) is 1. The lowest BCUT2D eigenvalue weighted by atomic mass is 9.89. The lowest BCUT2D eigenvalue weighted by Crippen LogP contribution is -2.36. The normalized spacial score (nSPS) is 25.9. The number of hydrogen-bond donors (Lipinski definition) is 2. The van der Waals surface area contributed by atoms with E-state index >= 15 is 0 Å². The largest absolute Gasteiger partial charge is 0.344 e. The van der Waals surface area contributed by atoms with Gasteiger partial charge >= 0.3 is 0 Å². The Morgan fingerprint density at radius 3 is 2.71 bits per heavy atom. The zero-order chi connectivity index (χ0) is 16.2. The van der Waals surface area contributed by atoms with E-state index in [-0.39, 0.29) is 30.3 Å². The molecule has 0 saturated heterocycles. The molecule has 6 nitrogen and oxygen atoms in total. The summed E-state index contributed by atoms with van der Waals surface area (Å²) in [6, 6.07) is -0.244. The summed E-state index contributed by atoms with van der Waals surface area (Å²) in [5.41, 5.74) is 5.77. The molecule has 3 atom stereocenters. The summed E-state index contributed by atoms with van der Waals surface area (Å²) in [5, 5.41) is 7.17. The van der Waals surface area contributed by atoms with Crippen molar-refractivity contribution in [3.8, 4) is 0 Å². The van der Waals surface area contributed by atoms with E-state index in [9.17, 15) is 4.79 Å². The molecule has 0 aliphatic heterocycles. The lowest BCUT2D eigenvalue weighted by molar-refractivity contribution is -0.126. The van der Waals surface area contributed by atoms with Crippen LogP contribution < -0.4 is 11.1 Å². The van der Waals surface area contributed by atoms with Gasteiger partial charge in [-0.15, -0.1) is 12.4 Å². The summed E-state index contributed by atoms with van der Waals surface area (Å²) in [6.45, 7) is 2.49. The van der Waals surface area contributed by atoms with Gasteiger partial charge in [0.1, 0.15) is 6.04 Å². The number of nitrogens with one attached hydrogen (secondary N) is 1. The molecule has 1 unspecified atom stereocenters. The topological polar surface area (TPSA) is 94.0 Å². The maximum absolute atomic E-state index is 12.5. The summed E-state index contributed by atoms with van der Waals surface area (Å²) < 4.78 is 5.40. The van der Waals surface area contributed by atoms with Gasteiger partial charge < -0.3 is 15.6 Å². The minimum atomic E-state index is -0.244. The molecule has 3 rings (SSSR count). The molecule has 3 N–H and O–H groups in total. The molecular formula is C17H29ClN4O2. The zero-order valence-electron chi connectivity index (χ0n) is 14.4. The standard InChI is InChI=1S/C17H28N4O2.ClH/c1-11(19-16(22)14-9-5-8-13(14)10-18)17-20-15(21-23-17)12-6-3-2-4-7-12;/h11-14H,2-10,18H2,1H3,(H,19,22);1H/t11?,13-,14-;/m1./s1. The van der Waals surface area contributed by atoms with E-state index in [0.29, 0.717) is 24.3 Å². The van der Waals surface area contributed by atoms with Crippen molar-refractivity contribution in [3.05, 3.63) is 11.7 Å². The molecule has 136 valence electrons. The summed E-state index contributed by atoms with van der Waals surface area (Å²) in [4.78, 5) is 17.0. The summed E-state index contributed by atoms with van der Waals surface area (Å²) >= 11 is 0. The summed E-state index contributed by atoms with van der Waals surface area (Å²) in [6.07, 6.45) is 9.12. The molecule has 0 spiro atoms. The first-order valence-electron chi connectivity index (χ1n) is 9.03. The third kappa shape index (κ3) is 4.28. The van der Waals surface area contributed by atoms with Gasteiger partial charge in [-0.3, -0.25) is 4.79 Å². The second-order valence-corrected chi connectivity index (χ2v) is 7.09. The Bertz CT molecular complexity index is 530. The maximum atomic E-state index is 12.5. The minimum absolute atomic E-state index is 0. The van der Waals surface area contributed by atoms with E-state index in [1.165, 1.54) is 19.3 Å². The van der Waals surface area contributed by atoms with Crippen molar-refractivity contribution in [1.29, 1.82) is 0 Å². The molecule has 0 radical (unpaired) electrons. The van der Waals surface area contributed by atoms with Crippen molar-refractivity contribution in [2.45, 2.75) is 70.3 Å². The van der Waals surface area contributed by atoms with Gasteiger partial charge in [0.2, 0.25) is 11.8 Å². The van der Waals surface area contributed by atoms with Gasteiger partial charge in [0, 0.05) is 11.8 Å². The minimum Gasteiger partial charge on any atom is -0.344 e. The molecule has 2 fully saturated rings. The number of nitrogens with zero attached hydrogens (tertiary/aromatic N) is 2. The van der Waals surface area contributed by atoms with Crippen LogP contribution in [0.1, 0.15) is 82.0 Å². The molecule has 2 saturated carbocycles. The van der Waals surface area contributed by atoms with Crippen LogP contribution in [-0.2, 0) is 4.79 Å². The van der Waals surface area contributed by atoms with Crippen LogP contribution in [0.2, 0.25) is 0 Å². The molecule has 1 heterocycles. The van der Waals surface area contributed by atoms with Crippen LogP contribution in [0.25, 0.3) is 0 Å². The van der Waals surface area contributed by atoms with Crippen molar-refractivity contribution in [2.75, 3.05) is 6.54 Å². The highest BCUT2D eigenvalue weighted by Gasteiger charge is 2.33. The van der Waals surface area contributed by atoms with Crippen LogP contribution in [0.3, 0.4) is 0 Å². The van der Waals surface area contributed by atoms with Crippen LogP contribution in [0.4, 0.5) is 0 Å². The Kier molecular flexibility index (Phi) is 7.04. The van der Waals surface area contributed by atoms with E-state index in [2.05, 4.69) is 15.5 Å². The Morgan fingerprint density at radius 1 is 1.25 bits per heavy atom. The highest BCUT2D eigenvalue weighted by molar-refractivity contribution is 5.85. The van der Waals surface area contributed by atoms with E-state index < -0.39 is 0 Å². The van der Waals surface area contributed by atoms with Gasteiger partial charge in [-0.25, -0.2) is 0 Å². The Morgan fingerprint density at radius 2 is 2.00 bits per heavy atom. The molecule has 1 amide bonds. The number of rotatable bonds is 5. The third-order valence-corrected chi connectivity index (χ3v) is 5.46. The quantitative estimate of drug-likeness (QED) is 0.845. The number of carbonyl (C=O) groups is 1. The van der Waals surface area contributed by atoms with Crippen molar-refractivity contribution < 1.29 is 9.32 Å². The van der Waals surface area contributed by atoms with Crippen molar-refractivity contribution in [3.63, 3.8) is 0 Å². The third-order valence-electron chi connectivity index (χ3n) is 5.46. The molecule has 24 heavy (non-hydrogen) atoms. The van der Waals surface area contributed by atoms with Crippen LogP contribution >= 0.6 is 12.4 Å². The number of halogens is 1.